The number of hydrogen-bond acceptors (Lipinski definition) is 2. The van der Waals surface area contributed by atoms with E-state index in [-0.39, 0.29) is 5.54 Å². The van der Waals surface area contributed by atoms with Gasteiger partial charge in [0.25, 0.3) is 0 Å². The summed E-state index contributed by atoms with van der Waals surface area (Å²) in [5.41, 5.74) is 0.721. The molecule has 3 heteroatoms. The molecule has 0 unspecified atom stereocenters. The minimum Gasteiger partial charge on any atom is -0.478 e. The van der Waals surface area contributed by atoms with Crippen molar-refractivity contribution in [3.8, 4) is 0 Å². The molecular formula is C13H23NO2. The zero-order chi connectivity index (χ0) is 12.0. The van der Waals surface area contributed by atoms with Crippen LogP contribution in [0.25, 0.3) is 0 Å². The van der Waals surface area contributed by atoms with Crippen molar-refractivity contribution in [1.82, 2.24) is 5.32 Å². The van der Waals surface area contributed by atoms with Crippen LogP contribution in [-0.2, 0) is 4.79 Å². The zero-order valence-corrected chi connectivity index (χ0v) is 10.4. The van der Waals surface area contributed by atoms with Crippen molar-refractivity contribution in [2.45, 2.75) is 57.9 Å². The first-order chi connectivity index (χ1) is 7.57. The maximum Gasteiger partial charge on any atom is 0.331 e. The Morgan fingerprint density at radius 2 is 2.00 bits per heavy atom. The van der Waals surface area contributed by atoms with Gasteiger partial charge in [0.2, 0.25) is 0 Å². The Morgan fingerprint density at radius 1 is 1.38 bits per heavy atom. The molecule has 16 heavy (non-hydrogen) atoms. The molecule has 1 rings (SSSR count). The summed E-state index contributed by atoms with van der Waals surface area (Å²) in [5.74, 6) is -0.793. The third kappa shape index (κ3) is 3.97. The summed E-state index contributed by atoms with van der Waals surface area (Å²) in [6, 6.07) is 0. The van der Waals surface area contributed by atoms with Crippen LogP contribution in [0.1, 0.15) is 52.4 Å². The van der Waals surface area contributed by atoms with E-state index in [4.69, 9.17) is 5.11 Å². The van der Waals surface area contributed by atoms with Crippen LogP contribution in [0.5, 0.6) is 0 Å². The third-order valence-electron chi connectivity index (χ3n) is 3.49. The Morgan fingerprint density at radius 3 is 2.50 bits per heavy atom. The SMILES string of the molecule is CCC(=CCNC1(C)CCCCC1)C(=O)O. The van der Waals surface area contributed by atoms with E-state index >= 15 is 0 Å². The van der Waals surface area contributed by atoms with Gasteiger partial charge in [0.05, 0.1) is 0 Å². The lowest BCUT2D eigenvalue weighted by atomic mass is 9.83. The van der Waals surface area contributed by atoms with Crippen LogP contribution >= 0.6 is 0 Å². The Balaban J connectivity index is 2.41. The highest BCUT2D eigenvalue weighted by Crippen LogP contribution is 2.27. The standard InChI is InChI=1S/C13H23NO2/c1-3-11(12(15)16)7-10-14-13(2)8-5-4-6-9-13/h7,14H,3-6,8-10H2,1-2H3,(H,15,16). The largest absolute Gasteiger partial charge is 0.478 e. The fourth-order valence-corrected chi connectivity index (χ4v) is 2.31. The molecule has 0 aromatic heterocycles. The zero-order valence-electron chi connectivity index (χ0n) is 10.4. The minimum atomic E-state index is -0.793. The maximum atomic E-state index is 10.8. The normalized spacial score (nSPS) is 20.8. The highest BCUT2D eigenvalue weighted by atomic mass is 16.4. The number of carbonyl (C=O) groups is 1. The van der Waals surface area contributed by atoms with Crippen molar-refractivity contribution in [2.75, 3.05) is 6.54 Å². The Hall–Kier alpha value is -0.830. The molecule has 0 radical (unpaired) electrons. The number of nitrogens with one attached hydrogen (secondary N) is 1. The first-order valence-electron chi connectivity index (χ1n) is 6.25. The van der Waals surface area contributed by atoms with E-state index in [1.54, 1.807) is 0 Å². The molecule has 0 spiro atoms. The van der Waals surface area contributed by atoms with Crippen LogP contribution in [0.3, 0.4) is 0 Å². The van der Waals surface area contributed by atoms with Gasteiger partial charge in [-0.3, -0.25) is 0 Å². The molecular weight excluding hydrogens is 202 g/mol. The van der Waals surface area contributed by atoms with Crippen LogP contribution in [0.2, 0.25) is 0 Å². The van der Waals surface area contributed by atoms with Gasteiger partial charge in [-0.15, -0.1) is 0 Å². The lowest BCUT2D eigenvalue weighted by Crippen LogP contribution is -2.43. The Kier molecular flexibility index (Phi) is 5.00. The van der Waals surface area contributed by atoms with Gasteiger partial charge >= 0.3 is 5.97 Å². The molecule has 0 amide bonds. The van der Waals surface area contributed by atoms with Gasteiger partial charge in [0.1, 0.15) is 0 Å². The van der Waals surface area contributed by atoms with E-state index in [2.05, 4.69) is 12.2 Å². The highest BCUT2D eigenvalue weighted by molar-refractivity contribution is 5.86. The molecule has 0 saturated heterocycles. The average molecular weight is 225 g/mol. The Bertz CT molecular complexity index is 265. The van der Waals surface area contributed by atoms with Gasteiger partial charge < -0.3 is 10.4 Å². The lowest BCUT2D eigenvalue weighted by Gasteiger charge is -2.34. The molecule has 1 aliphatic rings. The smallest absolute Gasteiger partial charge is 0.331 e. The quantitative estimate of drug-likeness (QED) is 0.707. The van der Waals surface area contributed by atoms with E-state index < -0.39 is 5.97 Å². The molecule has 1 fully saturated rings. The second kappa shape index (κ2) is 6.04. The fourth-order valence-electron chi connectivity index (χ4n) is 2.31. The van der Waals surface area contributed by atoms with Gasteiger partial charge in [-0.1, -0.05) is 32.3 Å². The summed E-state index contributed by atoms with van der Waals surface area (Å²) >= 11 is 0. The van der Waals surface area contributed by atoms with Gasteiger partial charge in [0, 0.05) is 17.7 Å². The minimum absolute atomic E-state index is 0.214. The molecule has 0 heterocycles. The molecule has 2 N–H and O–H groups in total. The van der Waals surface area contributed by atoms with E-state index in [0.29, 0.717) is 18.5 Å². The Labute approximate surface area is 97.9 Å². The molecule has 0 atom stereocenters. The molecule has 92 valence electrons. The first-order valence-corrected chi connectivity index (χ1v) is 6.25. The van der Waals surface area contributed by atoms with Crippen molar-refractivity contribution >= 4 is 5.97 Å². The van der Waals surface area contributed by atoms with Gasteiger partial charge in [-0.25, -0.2) is 4.79 Å². The first kappa shape index (κ1) is 13.2. The number of carboxylic acids is 1. The number of aliphatic carboxylic acids is 1. The van der Waals surface area contributed by atoms with Crippen molar-refractivity contribution in [3.63, 3.8) is 0 Å². The van der Waals surface area contributed by atoms with E-state index in [0.717, 1.165) is 0 Å². The summed E-state index contributed by atoms with van der Waals surface area (Å²) in [7, 11) is 0. The van der Waals surface area contributed by atoms with Crippen LogP contribution in [0, 0.1) is 0 Å². The van der Waals surface area contributed by atoms with Crippen LogP contribution in [0.4, 0.5) is 0 Å². The van der Waals surface area contributed by atoms with Crippen molar-refractivity contribution < 1.29 is 9.90 Å². The second-order valence-corrected chi connectivity index (χ2v) is 4.89. The highest BCUT2D eigenvalue weighted by Gasteiger charge is 2.25. The summed E-state index contributed by atoms with van der Waals surface area (Å²) in [6.07, 6.45) is 8.71. The van der Waals surface area contributed by atoms with Gasteiger partial charge in [-0.2, -0.15) is 0 Å². The number of carboxylic acid groups (broad SMARTS) is 1. The van der Waals surface area contributed by atoms with Crippen molar-refractivity contribution in [1.29, 1.82) is 0 Å². The molecule has 0 bridgehead atoms. The maximum absolute atomic E-state index is 10.8. The van der Waals surface area contributed by atoms with Crippen molar-refractivity contribution in [3.05, 3.63) is 11.6 Å². The summed E-state index contributed by atoms with van der Waals surface area (Å²) < 4.78 is 0. The van der Waals surface area contributed by atoms with Crippen molar-refractivity contribution in [2.24, 2.45) is 0 Å². The molecule has 1 aliphatic carbocycles. The summed E-state index contributed by atoms with van der Waals surface area (Å²) in [4.78, 5) is 10.8. The van der Waals surface area contributed by atoms with Crippen LogP contribution < -0.4 is 5.32 Å². The topological polar surface area (TPSA) is 49.3 Å². The summed E-state index contributed by atoms with van der Waals surface area (Å²) in [6.45, 7) is 4.79. The predicted molar refractivity (Wildman–Crippen MR) is 65.5 cm³/mol. The molecule has 3 nitrogen and oxygen atoms in total. The molecule has 0 aromatic carbocycles. The average Bonchev–Trinajstić information content (AvgIpc) is 2.25. The summed E-state index contributed by atoms with van der Waals surface area (Å²) in [5, 5.41) is 12.4. The van der Waals surface area contributed by atoms with Crippen LogP contribution in [0.15, 0.2) is 11.6 Å². The lowest BCUT2D eigenvalue weighted by molar-refractivity contribution is -0.132. The molecule has 0 aliphatic heterocycles. The molecule has 0 aromatic rings. The monoisotopic (exact) mass is 225 g/mol. The molecule has 1 saturated carbocycles. The van der Waals surface area contributed by atoms with Gasteiger partial charge in [-0.05, 0) is 26.2 Å². The van der Waals surface area contributed by atoms with E-state index in [9.17, 15) is 4.79 Å². The number of rotatable bonds is 5. The van der Waals surface area contributed by atoms with Crippen LogP contribution in [-0.4, -0.2) is 23.2 Å². The second-order valence-electron chi connectivity index (χ2n) is 4.89. The van der Waals surface area contributed by atoms with E-state index in [1.165, 1.54) is 32.1 Å². The predicted octanol–water partition coefficient (Wildman–Crippen LogP) is 2.72. The third-order valence-corrected chi connectivity index (χ3v) is 3.49. The number of hydrogen-bond donors (Lipinski definition) is 2. The van der Waals surface area contributed by atoms with Gasteiger partial charge in [0.15, 0.2) is 0 Å². The fraction of sp³-hybridized carbons (Fsp3) is 0.769. The van der Waals surface area contributed by atoms with E-state index in [1.807, 2.05) is 13.0 Å².